The molecule has 21 heavy (non-hydrogen) atoms. The number of hydrogen-bond donors (Lipinski definition) is 1. The quantitative estimate of drug-likeness (QED) is 0.902. The molecular formula is C16H29N5. The van der Waals surface area contributed by atoms with Crippen molar-refractivity contribution in [2.75, 3.05) is 39.3 Å². The molecule has 2 aliphatic rings. The molecule has 0 radical (unpaired) electrons. The molecule has 1 aromatic heterocycles. The van der Waals surface area contributed by atoms with E-state index in [1.165, 1.54) is 58.4 Å². The van der Waals surface area contributed by atoms with Gasteiger partial charge in [0, 0.05) is 25.6 Å². The predicted molar refractivity (Wildman–Crippen MR) is 84.3 cm³/mol. The first kappa shape index (κ1) is 15.0. The van der Waals surface area contributed by atoms with Gasteiger partial charge in [-0.15, -0.1) is 0 Å². The van der Waals surface area contributed by atoms with E-state index in [0.717, 1.165) is 12.4 Å². The van der Waals surface area contributed by atoms with Crippen LogP contribution in [0.4, 0.5) is 0 Å². The molecule has 0 aromatic carbocycles. The molecule has 0 bridgehead atoms. The molecule has 2 aliphatic heterocycles. The van der Waals surface area contributed by atoms with E-state index in [9.17, 15) is 0 Å². The van der Waals surface area contributed by atoms with Crippen LogP contribution in [0.25, 0.3) is 0 Å². The van der Waals surface area contributed by atoms with Gasteiger partial charge in [0.05, 0.1) is 0 Å². The van der Waals surface area contributed by atoms with Gasteiger partial charge in [0.2, 0.25) is 0 Å². The Kier molecular flexibility index (Phi) is 4.60. The van der Waals surface area contributed by atoms with E-state index in [1.807, 2.05) is 0 Å². The smallest absolute Gasteiger partial charge is 0.137 e. The Morgan fingerprint density at radius 1 is 1.14 bits per heavy atom. The molecule has 3 heterocycles. The summed E-state index contributed by atoms with van der Waals surface area (Å²) in [6.45, 7) is 12.2. The normalized spacial score (nSPS) is 25.5. The second-order valence-corrected chi connectivity index (χ2v) is 7.59. The van der Waals surface area contributed by atoms with Crippen LogP contribution in [0.1, 0.15) is 51.3 Å². The van der Waals surface area contributed by atoms with Gasteiger partial charge in [0.15, 0.2) is 0 Å². The Bertz CT molecular complexity index is 422. The zero-order chi connectivity index (χ0) is 14.7. The fraction of sp³-hybridized carbons (Fsp3) is 0.875. The van der Waals surface area contributed by atoms with E-state index in [1.54, 1.807) is 6.33 Å². The van der Waals surface area contributed by atoms with Gasteiger partial charge in [-0.05, 0) is 50.7 Å². The highest BCUT2D eigenvalue weighted by Gasteiger charge is 2.30. The van der Waals surface area contributed by atoms with Gasteiger partial charge in [-0.2, -0.15) is 5.10 Å². The second kappa shape index (κ2) is 6.44. The third kappa shape index (κ3) is 4.04. The van der Waals surface area contributed by atoms with Crippen molar-refractivity contribution in [3.8, 4) is 0 Å². The summed E-state index contributed by atoms with van der Waals surface area (Å²) in [6, 6.07) is 0. The first-order chi connectivity index (χ1) is 10.1. The van der Waals surface area contributed by atoms with Crippen molar-refractivity contribution in [3.05, 3.63) is 12.2 Å². The lowest BCUT2D eigenvalue weighted by Crippen LogP contribution is -2.44. The van der Waals surface area contributed by atoms with Crippen molar-refractivity contribution >= 4 is 0 Å². The predicted octanol–water partition coefficient (Wildman–Crippen LogP) is 2.11. The maximum atomic E-state index is 4.35. The van der Waals surface area contributed by atoms with Gasteiger partial charge in [-0.1, -0.05) is 13.8 Å². The zero-order valence-electron chi connectivity index (χ0n) is 13.5. The fourth-order valence-corrected chi connectivity index (χ4v) is 4.04. The van der Waals surface area contributed by atoms with Gasteiger partial charge < -0.3 is 9.80 Å². The fourth-order valence-electron chi connectivity index (χ4n) is 4.04. The molecule has 1 aromatic rings. The van der Waals surface area contributed by atoms with E-state index in [0.29, 0.717) is 11.3 Å². The van der Waals surface area contributed by atoms with Gasteiger partial charge >= 0.3 is 0 Å². The minimum atomic E-state index is 0.369. The standard InChI is InChI=1S/C16H29N5/c1-16(2,11-20-7-3-4-8-20)12-21-9-5-6-14(10-21)15-17-13-18-19-15/h13-14H,3-12H2,1-2H3,(H,17,18,19). The Labute approximate surface area is 128 Å². The molecule has 1 unspecified atom stereocenters. The lowest BCUT2D eigenvalue weighted by Gasteiger charge is -2.39. The average molecular weight is 291 g/mol. The summed E-state index contributed by atoms with van der Waals surface area (Å²) in [5.41, 5.74) is 0.369. The van der Waals surface area contributed by atoms with Crippen LogP contribution in [0, 0.1) is 5.41 Å². The molecule has 0 aliphatic carbocycles. The van der Waals surface area contributed by atoms with Crippen molar-refractivity contribution in [1.82, 2.24) is 25.0 Å². The highest BCUT2D eigenvalue weighted by molar-refractivity contribution is 4.97. The highest BCUT2D eigenvalue weighted by atomic mass is 15.2. The number of H-pyrrole nitrogens is 1. The van der Waals surface area contributed by atoms with Crippen LogP contribution in [-0.2, 0) is 0 Å². The van der Waals surface area contributed by atoms with E-state index < -0.39 is 0 Å². The SMILES string of the molecule is CC(C)(CN1CCCC1)CN1CCCC(c2ncn[nH]2)C1. The van der Waals surface area contributed by atoms with Crippen molar-refractivity contribution < 1.29 is 0 Å². The molecule has 1 atom stereocenters. The van der Waals surface area contributed by atoms with Crippen molar-refractivity contribution in [2.45, 2.75) is 45.4 Å². The van der Waals surface area contributed by atoms with E-state index >= 15 is 0 Å². The minimum Gasteiger partial charge on any atom is -0.303 e. The number of piperidine rings is 1. The zero-order valence-corrected chi connectivity index (χ0v) is 13.5. The summed E-state index contributed by atoms with van der Waals surface area (Å²) in [4.78, 5) is 9.62. The summed E-state index contributed by atoms with van der Waals surface area (Å²) in [7, 11) is 0. The van der Waals surface area contributed by atoms with Gasteiger partial charge in [-0.3, -0.25) is 5.10 Å². The van der Waals surface area contributed by atoms with Gasteiger partial charge in [-0.25, -0.2) is 4.98 Å². The largest absolute Gasteiger partial charge is 0.303 e. The van der Waals surface area contributed by atoms with Crippen LogP contribution in [0.15, 0.2) is 6.33 Å². The molecule has 118 valence electrons. The minimum absolute atomic E-state index is 0.369. The molecule has 3 rings (SSSR count). The number of nitrogens with one attached hydrogen (secondary N) is 1. The molecule has 0 spiro atoms. The number of rotatable bonds is 5. The highest BCUT2D eigenvalue weighted by Crippen LogP contribution is 2.28. The summed E-state index contributed by atoms with van der Waals surface area (Å²) < 4.78 is 0. The lowest BCUT2D eigenvalue weighted by molar-refractivity contribution is 0.109. The number of hydrogen-bond acceptors (Lipinski definition) is 4. The molecular weight excluding hydrogens is 262 g/mol. The average Bonchev–Trinajstić information content (AvgIpc) is 3.10. The summed E-state index contributed by atoms with van der Waals surface area (Å²) in [5, 5.41) is 7.06. The van der Waals surface area contributed by atoms with Gasteiger partial charge in [0.1, 0.15) is 12.2 Å². The first-order valence-corrected chi connectivity index (χ1v) is 8.42. The third-order valence-electron chi connectivity index (χ3n) is 4.83. The van der Waals surface area contributed by atoms with E-state index in [4.69, 9.17) is 0 Å². The third-order valence-corrected chi connectivity index (χ3v) is 4.83. The lowest BCUT2D eigenvalue weighted by atomic mass is 9.89. The Hall–Kier alpha value is -0.940. The monoisotopic (exact) mass is 291 g/mol. The molecule has 0 amide bonds. The second-order valence-electron chi connectivity index (χ2n) is 7.59. The number of likely N-dealkylation sites (tertiary alicyclic amines) is 2. The number of aromatic nitrogens is 3. The topological polar surface area (TPSA) is 48.1 Å². The van der Waals surface area contributed by atoms with Crippen molar-refractivity contribution in [3.63, 3.8) is 0 Å². The van der Waals surface area contributed by atoms with Gasteiger partial charge in [0.25, 0.3) is 0 Å². The Balaban J connectivity index is 1.53. The van der Waals surface area contributed by atoms with E-state index in [2.05, 4.69) is 38.8 Å². The van der Waals surface area contributed by atoms with Crippen LogP contribution in [0.2, 0.25) is 0 Å². The van der Waals surface area contributed by atoms with Crippen molar-refractivity contribution in [2.24, 2.45) is 5.41 Å². The summed E-state index contributed by atoms with van der Waals surface area (Å²) >= 11 is 0. The molecule has 0 saturated carbocycles. The molecule has 5 heteroatoms. The number of aromatic amines is 1. The maximum absolute atomic E-state index is 4.35. The Morgan fingerprint density at radius 3 is 2.57 bits per heavy atom. The molecule has 2 saturated heterocycles. The maximum Gasteiger partial charge on any atom is 0.137 e. The molecule has 2 fully saturated rings. The summed E-state index contributed by atoms with van der Waals surface area (Å²) in [5.74, 6) is 1.60. The molecule has 5 nitrogen and oxygen atoms in total. The Morgan fingerprint density at radius 2 is 1.86 bits per heavy atom. The number of nitrogens with zero attached hydrogens (tertiary/aromatic N) is 4. The van der Waals surface area contributed by atoms with Crippen LogP contribution < -0.4 is 0 Å². The van der Waals surface area contributed by atoms with Crippen LogP contribution in [0.5, 0.6) is 0 Å². The van der Waals surface area contributed by atoms with Crippen LogP contribution in [0.3, 0.4) is 0 Å². The van der Waals surface area contributed by atoms with Crippen LogP contribution >= 0.6 is 0 Å². The first-order valence-electron chi connectivity index (χ1n) is 8.42. The van der Waals surface area contributed by atoms with E-state index in [-0.39, 0.29) is 0 Å². The van der Waals surface area contributed by atoms with Crippen molar-refractivity contribution in [1.29, 1.82) is 0 Å². The summed E-state index contributed by atoms with van der Waals surface area (Å²) in [6.07, 6.45) is 6.90. The molecule has 1 N–H and O–H groups in total. The van der Waals surface area contributed by atoms with Crippen LogP contribution in [-0.4, -0.2) is 64.2 Å².